The Bertz CT molecular complexity index is 1020. The number of hydrogen-bond donors (Lipinski definition) is 1. The van der Waals surface area contributed by atoms with E-state index in [0.29, 0.717) is 26.0 Å². The van der Waals surface area contributed by atoms with E-state index in [4.69, 9.17) is 9.16 Å². The van der Waals surface area contributed by atoms with E-state index in [1.807, 2.05) is 24.3 Å². The van der Waals surface area contributed by atoms with Crippen LogP contribution in [-0.2, 0) is 18.8 Å². The molecule has 0 unspecified atom stereocenters. The number of nitrogens with one attached hydrogen (secondary N) is 1. The first-order valence-electron chi connectivity index (χ1n) is 12.7. The highest BCUT2D eigenvalue weighted by Crippen LogP contribution is 2.37. The second kappa shape index (κ2) is 12.3. The zero-order valence-electron chi connectivity index (χ0n) is 22.0. The number of rotatable bonds is 10. The maximum Gasteiger partial charge on any atom is 0.316 e. The molecule has 0 aromatic heterocycles. The van der Waals surface area contributed by atoms with Crippen LogP contribution >= 0.6 is 0 Å². The van der Waals surface area contributed by atoms with Gasteiger partial charge in [0.15, 0.2) is 0 Å². The highest BCUT2D eigenvalue weighted by atomic mass is 28.4. The average Bonchev–Trinajstić information content (AvgIpc) is 3.07. The van der Waals surface area contributed by atoms with E-state index in [2.05, 4.69) is 86.8 Å². The van der Waals surface area contributed by atoms with Gasteiger partial charge in [-0.25, -0.2) is 0 Å². The summed E-state index contributed by atoms with van der Waals surface area (Å²) in [6, 6.07) is 21.3. The first-order valence-corrected chi connectivity index (χ1v) is 14.6. The number of carbonyl (C=O) groups excluding carboxylic acids is 2. The number of benzene rings is 2. The minimum Gasteiger partial charge on any atom is -0.468 e. The lowest BCUT2D eigenvalue weighted by molar-refractivity contribution is -0.152. The molecule has 2 aromatic rings. The largest absolute Gasteiger partial charge is 0.468 e. The molecule has 3 rings (SSSR count). The maximum absolute atomic E-state index is 12.5. The molecule has 1 atom stereocenters. The van der Waals surface area contributed by atoms with Gasteiger partial charge in [0.25, 0.3) is 8.32 Å². The topological polar surface area (TPSA) is 64.6 Å². The molecule has 0 aliphatic carbocycles. The fourth-order valence-electron chi connectivity index (χ4n) is 5.10. The van der Waals surface area contributed by atoms with E-state index in [1.165, 1.54) is 17.5 Å². The Balaban J connectivity index is 1.70. The van der Waals surface area contributed by atoms with Crippen molar-refractivity contribution in [1.29, 1.82) is 0 Å². The van der Waals surface area contributed by atoms with E-state index in [0.717, 1.165) is 6.42 Å². The Hall–Kier alpha value is -2.96. The normalized spacial score (nSPS) is 18.6. The van der Waals surface area contributed by atoms with Gasteiger partial charge in [-0.15, -0.1) is 0 Å². The zero-order valence-corrected chi connectivity index (χ0v) is 23.0. The van der Waals surface area contributed by atoms with Gasteiger partial charge in [0, 0.05) is 19.6 Å². The summed E-state index contributed by atoms with van der Waals surface area (Å²) in [5.74, 6) is -0.493. The summed E-state index contributed by atoms with van der Waals surface area (Å²) >= 11 is 0. The number of methoxy groups -OCH3 is 1. The molecular weight excluding hydrogens is 466 g/mol. The van der Waals surface area contributed by atoms with Crippen molar-refractivity contribution in [3.63, 3.8) is 0 Å². The Labute approximate surface area is 216 Å². The summed E-state index contributed by atoms with van der Waals surface area (Å²) in [4.78, 5) is 24.6. The van der Waals surface area contributed by atoms with Crippen molar-refractivity contribution >= 4 is 30.6 Å². The number of hydrogen-bond acceptors (Lipinski definition) is 4. The number of carbonyl (C=O) groups is 2. The number of esters is 1. The van der Waals surface area contributed by atoms with Crippen LogP contribution < -0.4 is 15.7 Å². The molecule has 1 heterocycles. The third-order valence-electron chi connectivity index (χ3n) is 6.87. The molecule has 0 fully saturated rings. The summed E-state index contributed by atoms with van der Waals surface area (Å²) in [6.45, 7) is 7.87. The fourth-order valence-corrected chi connectivity index (χ4v) is 9.68. The van der Waals surface area contributed by atoms with Crippen molar-refractivity contribution in [2.45, 2.75) is 51.5 Å². The molecule has 5 nitrogen and oxygen atoms in total. The molecule has 1 aliphatic heterocycles. The highest BCUT2D eigenvalue weighted by molar-refractivity contribution is 6.99. The quantitative estimate of drug-likeness (QED) is 0.223. The second-order valence-electron chi connectivity index (χ2n) is 10.3. The number of amides is 1. The van der Waals surface area contributed by atoms with Crippen LogP contribution in [0.4, 0.5) is 0 Å². The second-order valence-corrected chi connectivity index (χ2v) is 14.6. The summed E-state index contributed by atoms with van der Waals surface area (Å²) in [7, 11) is -1.16. The molecule has 2 aromatic carbocycles. The Morgan fingerprint density at radius 3 is 2.14 bits per heavy atom. The van der Waals surface area contributed by atoms with Crippen molar-refractivity contribution in [3.8, 4) is 0 Å². The lowest BCUT2D eigenvalue weighted by Crippen LogP contribution is -2.66. The fraction of sp³-hybridized carbons (Fsp3) is 0.400. The summed E-state index contributed by atoms with van der Waals surface area (Å²) in [5.41, 5.74) is -0.912. The van der Waals surface area contributed by atoms with Crippen molar-refractivity contribution in [2.75, 3.05) is 20.3 Å². The molecule has 6 heteroatoms. The minimum absolute atomic E-state index is 0.0568. The number of allylic oxidation sites excluding steroid dienone is 1. The Morgan fingerprint density at radius 1 is 1.00 bits per heavy atom. The minimum atomic E-state index is -2.54. The lowest BCUT2D eigenvalue weighted by Gasteiger charge is -2.43. The molecule has 1 aliphatic rings. The van der Waals surface area contributed by atoms with E-state index in [1.54, 1.807) is 0 Å². The molecule has 0 saturated heterocycles. The Kier molecular flexibility index (Phi) is 9.46. The third kappa shape index (κ3) is 6.23. The monoisotopic (exact) mass is 505 g/mol. The van der Waals surface area contributed by atoms with Gasteiger partial charge in [0.1, 0.15) is 0 Å². The molecule has 192 valence electrons. The highest BCUT2D eigenvalue weighted by Gasteiger charge is 2.49. The standard InChI is InChI=1S/C30H39NO4Si/c1-29(2,3)36(25-16-9-7-10-17-25,26-18-11-8-12-19-26)35-23-14-6-5-13-20-30(28(33)34-4)21-15-22-31-27(32)24-30/h5-12,15-19,21H,13-14,20,22-24H2,1-4H3,(H,31,32)/b6-5+/t30-/m0/s1. The van der Waals surface area contributed by atoms with Crippen LogP contribution in [0.5, 0.6) is 0 Å². The zero-order chi connectivity index (χ0) is 26.1. The van der Waals surface area contributed by atoms with E-state index >= 15 is 0 Å². The molecule has 1 N–H and O–H groups in total. The van der Waals surface area contributed by atoms with Crippen LogP contribution in [0.2, 0.25) is 5.04 Å². The first-order chi connectivity index (χ1) is 17.2. The van der Waals surface area contributed by atoms with Crippen LogP contribution in [-0.4, -0.2) is 40.5 Å². The molecule has 36 heavy (non-hydrogen) atoms. The van der Waals surface area contributed by atoms with Crippen molar-refractivity contribution in [2.24, 2.45) is 5.41 Å². The summed E-state index contributed by atoms with van der Waals surface area (Å²) in [6.07, 6.45) is 9.94. The predicted octanol–water partition coefficient (Wildman–Crippen LogP) is 4.53. The lowest BCUT2D eigenvalue weighted by atomic mass is 9.79. The number of ether oxygens (including phenoxy) is 1. The predicted molar refractivity (Wildman–Crippen MR) is 148 cm³/mol. The van der Waals surface area contributed by atoms with E-state index in [-0.39, 0.29) is 23.3 Å². The van der Waals surface area contributed by atoms with Crippen molar-refractivity contribution in [3.05, 3.63) is 85.0 Å². The Morgan fingerprint density at radius 2 is 1.58 bits per heavy atom. The van der Waals surface area contributed by atoms with Crippen molar-refractivity contribution in [1.82, 2.24) is 5.32 Å². The van der Waals surface area contributed by atoms with Crippen molar-refractivity contribution < 1.29 is 18.8 Å². The molecule has 0 saturated carbocycles. The van der Waals surface area contributed by atoms with Crippen LogP contribution in [0.15, 0.2) is 85.0 Å². The van der Waals surface area contributed by atoms with E-state index < -0.39 is 13.7 Å². The summed E-state index contributed by atoms with van der Waals surface area (Å²) in [5, 5.41) is 5.27. The molecule has 1 amide bonds. The van der Waals surface area contributed by atoms with Crippen LogP contribution in [0, 0.1) is 5.41 Å². The third-order valence-corrected chi connectivity index (χ3v) is 11.9. The van der Waals surface area contributed by atoms with Crippen LogP contribution in [0.3, 0.4) is 0 Å². The maximum atomic E-state index is 12.5. The van der Waals surface area contributed by atoms with Gasteiger partial charge in [-0.1, -0.05) is 106 Å². The van der Waals surface area contributed by atoms with Gasteiger partial charge < -0.3 is 14.5 Å². The average molecular weight is 506 g/mol. The van der Waals surface area contributed by atoms with Gasteiger partial charge >= 0.3 is 5.97 Å². The van der Waals surface area contributed by atoms with E-state index in [9.17, 15) is 9.59 Å². The molecule has 0 spiro atoms. The smallest absolute Gasteiger partial charge is 0.316 e. The van der Waals surface area contributed by atoms with Gasteiger partial charge in [-0.05, 0) is 34.7 Å². The molecular formula is C30H39NO4Si. The molecule has 0 bridgehead atoms. The summed E-state index contributed by atoms with van der Waals surface area (Å²) < 4.78 is 12.0. The van der Waals surface area contributed by atoms with Gasteiger partial charge in [-0.3, -0.25) is 9.59 Å². The SMILES string of the molecule is COC(=O)[C@@]1(CC/C=C/CCO[Si](c2ccccc2)(c2ccccc2)C(C)(C)C)C=CCNC(=O)C1. The molecule has 0 radical (unpaired) electrons. The van der Waals surface area contributed by atoms with Gasteiger partial charge in [0.05, 0.1) is 12.5 Å². The van der Waals surface area contributed by atoms with Crippen LogP contribution in [0.1, 0.15) is 46.5 Å². The van der Waals surface area contributed by atoms with Gasteiger partial charge in [-0.2, -0.15) is 0 Å². The van der Waals surface area contributed by atoms with Gasteiger partial charge in [0.2, 0.25) is 5.91 Å². The van der Waals surface area contributed by atoms with Crippen LogP contribution in [0.25, 0.3) is 0 Å². The first kappa shape index (κ1) is 27.6.